The summed E-state index contributed by atoms with van der Waals surface area (Å²) < 4.78 is 0. The zero-order valence-corrected chi connectivity index (χ0v) is 17.2. The number of nitrogens with zero attached hydrogens (tertiary/aromatic N) is 1. The van der Waals surface area contributed by atoms with Gasteiger partial charge in [0.2, 0.25) is 5.91 Å². The molecule has 1 fully saturated rings. The van der Waals surface area contributed by atoms with E-state index in [-0.39, 0.29) is 17.9 Å². The highest BCUT2D eigenvalue weighted by atomic mass is 16.3. The molecule has 2 rings (SSSR count). The molecule has 2 N–H and O–H groups in total. The van der Waals surface area contributed by atoms with E-state index in [0.29, 0.717) is 18.3 Å². The van der Waals surface area contributed by atoms with E-state index in [1.807, 2.05) is 6.08 Å². The second kappa shape index (κ2) is 10.8. The van der Waals surface area contributed by atoms with Crippen molar-refractivity contribution < 1.29 is 15.0 Å². The largest absolute Gasteiger partial charge is 0.392 e. The first-order valence-corrected chi connectivity index (χ1v) is 10.5. The summed E-state index contributed by atoms with van der Waals surface area (Å²) in [6.07, 6.45) is 17.0. The van der Waals surface area contributed by atoms with Gasteiger partial charge >= 0.3 is 0 Å². The van der Waals surface area contributed by atoms with Crippen LogP contribution in [-0.2, 0) is 4.79 Å². The Morgan fingerprint density at radius 3 is 2.85 bits per heavy atom. The van der Waals surface area contributed by atoms with E-state index >= 15 is 0 Å². The maximum Gasteiger partial charge on any atom is 0.222 e. The van der Waals surface area contributed by atoms with Crippen molar-refractivity contribution in [2.75, 3.05) is 14.1 Å². The van der Waals surface area contributed by atoms with Gasteiger partial charge in [0.25, 0.3) is 0 Å². The first-order valence-electron chi connectivity index (χ1n) is 10.5. The van der Waals surface area contributed by atoms with Crippen LogP contribution in [0.25, 0.3) is 0 Å². The monoisotopic (exact) mass is 375 g/mol. The van der Waals surface area contributed by atoms with E-state index in [9.17, 15) is 15.0 Å². The highest BCUT2D eigenvalue weighted by molar-refractivity contribution is 5.75. The summed E-state index contributed by atoms with van der Waals surface area (Å²) >= 11 is 0. The van der Waals surface area contributed by atoms with Gasteiger partial charge in [-0.1, -0.05) is 62.1 Å². The molecule has 2 aliphatic rings. The number of unbranched alkanes of at least 4 members (excludes halogenated alkanes) is 2. The van der Waals surface area contributed by atoms with Crippen LogP contribution in [0.1, 0.15) is 58.3 Å². The van der Waals surface area contributed by atoms with Gasteiger partial charge in [-0.25, -0.2) is 0 Å². The number of fused-ring (bicyclic) bond motifs is 1. The number of rotatable bonds is 10. The van der Waals surface area contributed by atoms with Crippen LogP contribution in [0, 0.1) is 17.8 Å². The van der Waals surface area contributed by atoms with Crippen LogP contribution in [0.3, 0.4) is 0 Å². The highest BCUT2D eigenvalue weighted by Gasteiger charge is 2.42. The van der Waals surface area contributed by atoms with Crippen molar-refractivity contribution in [3.8, 4) is 0 Å². The summed E-state index contributed by atoms with van der Waals surface area (Å²) in [5, 5.41) is 20.5. The molecule has 4 nitrogen and oxygen atoms in total. The molecule has 0 aromatic carbocycles. The first-order chi connectivity index (χ1) is 12.9. The molecule has 2 aliphatic carbocycles. The van der Waals surface area contributed by atoms with Crippen LogP contribution in [0.5, 0.6) is 0 Å². The Balaban J connectivity index is 1.82. The van der Waals surface area contributed by atoms with Gasteiger partial charge in [-0.05, 0) is 37.5 Å². The summed E-state index contributed by atoms with van der Waals surface area (Å²) in [6.45, 7) is 2.16. The Kier molecular flexibility index (Phi) is 8.78. The number of hydrogen-bond acceptors (Lipinski definition) is 3. The lowest BCUT2D eigenvalue weighted by molar-refractivity contribution is -0.128. The molecule has 1 saturated carbocycles. The molecule has 152 valence electrons. The van der Waals surface area contributed by atoms with Crippen LogP contribution >= 0.6 is 0 Å². The lowest BCUT2D eigenvalue weighted by Crippen LogP contribution is -2.20. The average Bonchev–Trinajstić information content (AvgIpc) is 3.13. The maximum atomic E-state index is 11.6. The Morgan fingerprint density at radius 1 is 1.37 bits per heavy atom. The van der Waals surface area contributed by atoms with Crippen molar-refractivity contribution in [2.45, 2.75) is 70.5 Å². The summed E-state index contributed by atoms with van der Waals surface area (Å²) in [6, 6.07) is 0. The van der Waals surface area contributed by atoms with E-state index in [0.717, 1.165) is 44.9 Å². The molecular formula is C23H37NO3. The molecule has 0 aromatic rings. The maximum absolute atomic E-state index is 11.6. The predicted molar refractivity (Wildman–Crippen MR) is 110 cm³/mol. The van der Waals surface area contributed by atoms with Gasteiger partial charge in [-0.2, -0.15) is 0 Å². The third-order valence-corrected chi connectivity index (χ3v) is 5.92. The minimum atomic E-state index is -0.397. The fourth-order valence-corrected chi connectivity index (χ4v) is 4.29. The molecule has 27 heavy (non-hydrogen) atoms. The Hall–Kier alpha value is -1.39. The minimum Gasteiger partial charge on any atom is -0.392 e. The standard InChI is InChI=1S/C23H37NO3/c1-4-5-6-10-19(25)12-13-20-21-15-17(14-18(21)16-22(20)26)9-7-8-11-23(27)24(2)3/h7,9,12-14,18-22,25-26H,4-6,8,10-11,15-16H2,1-3H3/b9-7-,13-12+/t18-,19-,20+,21-,22+/m0/s1. The van der Waals surface area contributed by atoms with E-state index in [1.54, 1.807) is 19.0 Å². The average molecular weight is 376 g/mol. The van der Waals surface area contributed by atoms with E-state index < -0.39 is 6.10 Å². The molecule has 5 atom stereocenters. The van der Waals surface area contributed by atoms with Crippen molar-refractivity contribution in [1.82, 2.24) is 4.90 Å². The van der Waals surface area contributed by atoms with Gasteiger partial charge in [0, 0.05) is 26.4 Å². The number of carbonyl (C=O) groups excluding carboxylic acids is 1. The van der Waals surface area contributed by atoms with Crippen molar-refractivity contribution >= 4 is 5.91 Å². The highest BCUT2D eigenvalue weighted by Crippen LogP contribution is 2.47. The normalized spacial score (nSPS) is 28.7. The van der Waals surface area contributed by atoms with Crippen LogP contribution in [0.4, 0.5) is 0 Å². The van der Waals surface area contributed by atoms with Gasteiger partial charge in [0.1, 0.15) is 0 Å². The van der Waals surface area contributed by atoms with Gasteiger partial charge in [-0.15, -0.1) is 0 Å². The summed E-state index contributed by atoms with van der Waals surface area (Å²) in [5.41, 5.74) is 1.32. The molecule has 0 aromatic heterocycles. The molecular weight excluding hydrogens is 338 g/mol. The molecule has 0 spiro atoms. The van der Waals surface area contributed by atoms with Gasteiger partial charge in [-0.3, -0.25) is 4.79 Å². The van der Waals surface area contributed by atoms with E-state index in [4.69, 9.17) is 0 Å². The quantitative estimate of drug-likeness (QED) is 0.450. The van der Waals surface area contributed by atoms with Gasteiger partial charge in [0.15, 0.2) is 0 Å². The van der Waals surface area contributed by atoms with Crippen molar-refractivity contribution in [3.05, 3.63) is 36.0 Å². The summed E-state index contributed by atoms with van der Waals surface area (Å²) in [7, 11) is 3.57. The number of aliphatic hydroxyl groups excluding tert-OH is 2. The fraction of sp³-hybridized carbons (Fsp3) is 0.696. The Bertz CT molecular complexity index is 564. The molecule has 1 amide bonds. The fourth-order valence-electron chi connectivity index (χ4n) is 4.29. The number of amides is 1. The van der Waals surface area contributed by atoms with Crippen molar-refractivity contribution in [2.24, 2.45) is 17.8 Å². The summed E-state index contributed by atoms with van der Waals surface area (Å²) in [4.78, 5) is 13.2. The third-order valence-electron chi connectivity index (χ3n) is 5.92. The zero-order chi connectivity index (χ0) is 19.8. The van der Waals surface area contributed by atoms with Gasteiger partial charge in [0.05, 0.1) is 12.2 Å². The van der Waals surface area contributed by atoms with Crippen LogP contribution < -0.4 is 0 Å². The second-order valence-corrected chi connectivity index (χ2v) is 8.33. The van der Waals surface area contributed by atoms with Crippen LogP contribution in [0.2, 0.25) is 0 Å². The third kappa shape index (κ3) is 6.62. The molecule has 4 heteroatoms. The van der Waals surface area contributed by atoms with E-state index in [2.05, 4.69) is 31.2 Å². The first kappa shape index (κ1) is 21.9. The number of aliphatic hydroxyl groups is 2. The van der Waals surface area contributed by atoms with Crippen LogP contribution in [-0.4, -0.2) is 47.3 Å². The predicted octanol–water partition coefficient (Wildman–Crippen LogP) is 3.85. The molecule has 0 radical (unpaired) electrons. The van der Waals surface area contributed by atoms with E-state index in [1.165, 1.54) is 5.57 Å². The molecule has 0 unspecified atom stereocenters. The number of allylic oxidation sites excluding steroid dienone is 4. The Morgan fingerprint density at radius 2 is 2.15 bits per heavy atom. The molecule has 0 saturated heterocycles. The molecule has 0 bridgehead atoms. The lowest BCUT2D eigenvalue weighted by Gasteiger charge is -2.18. The smallest absolute Gasteiger partial charge is 0.222 e. The molecule has 0 aliphatic heterocycles. The SMILES string of the molecule is CCCCC[C@H](O)/C=C/[C@@H]1[C@H]2CC(/C=C\CCC(=O)N(C)C)=C[C@H]2C[C@H]1O. The minimum absolute atomic E-state index is 0.133. The van der Waals surface area contributed by atoms with Crippen LogP contribution in [0.15, 0.2) is 36.0 Å². The number of carbonyl (C=O) groups is 1. The van der Waals surface area contributed by atoms with Gasteiger partial charge < -0.3 is 15.1 Å². The zero-order valence-electron chi connectivity index (χ0n) is 17.2. The summed E-state index contributed by atoms with van der Waals surface area (Å²) in [5.74, 6) is 1.15. The van der Waals surface area contributed by atoms with Crippen molar-refractivity contribution in [1.29, 1.82) is 0 Å². The topological polar surface area (TPSA) is 60.8 Å². The lowest BCUT2D eigenvalue weighted by atomic mass is 9.89. The number of hydrogen-bond donors (Lipinski definition) is 2. The Labute approximate surface area is 164 Å². The molecule has 0 heterocycles. The second-order valence-electron chi connectivity index (χ2n) is 8.33. The van der Waals surface area contributed by atoms with Crippen molar-refractivity contribution in [3.63, 3.8) is 0 Å².